The van der Waals surface area contributed by atoms with E-state index in [4.69, 9.17) is 13.9 Å². The zero-order valence-electron chi connectivity index (χ0n) is 18.6. The maximum Gasteiger partial charge on any atom is 0.255 e. The molecule has 0 spiro atoms. The Morgan fingerprint density at radius 2 is 1.91 bits per heavy atom. The van der Waals surface area contributed by atoms with Crippen LogP contribution in [0.4, 0.5) is 0 Å². The van der Waals surface area contributed by atoms with Crippen LogP contribution < -0.4 is 10.1 Å². The van der Waals surface area contributed by atoms with E-state index in [-0.39, 0.29) is 11.9 Å². The summed E-state index contributed by atoms with van der Waals surface area (Å²) < 4.78 is 16.9. The zero-order chi connectivity index (χ0) is 22.1. The Hall–Kier alpha value is -3.12. The van der Waals surface area contributed by atoms with Crippen molar-refractivity contribution < 1.29 is 18.7 Å². The SMILES string of the molecule is Cc1ncc(-c2ccc(Cc3cc(C(=O)NC4CCOCC4)c4c(c3C)CCO4)cc2)o1. The number of rotatable bonds is 5. The number of hydrogen-bond donors (Lipinski definition) is 1. The summed E-state index contributed by atoms with van der Waals surface area (Å²) in [4.78, 5) is 17.3. The van der Waals surface area contributed by atoms with Crippen LogP contribution in [0.25, 0.3) is 11.3 Å². The van der Waals surface area contributed by atoms with E-state index in [1.54, 1.807) is 6.20 Å². The predicted octanol–water partition coefficient (Wildman–Crippen LogP) is 4.39. The second-order valence-electron chi connectivity index (χ2n) is 8.59. The number of carbonyl (C=O) groups is 1. The van der Waals surface area contributed by atoms with Crippen LogP contribution in [-0.2, 0) is 17.6 Å². The van der Waals surface area contributed by atoms with Crippen molar-refractivity contribution in [1.82, 2.24) is 10.3 Å². The van der Waals surface area contributed by atoms with Gasteiger partial charge in [0.25, 0.3) is 5.91 Å². The number of fused-ring (bicyclic) bond motifs is 1. The molecular weight excluding hydrogens is 404 g/mol. The fourth-order valence-corrected chi connectivity index (χ4v) is 4.55. The van der Waals surface area contributed by atoms with Gasteiger partial charge in [-0.05, 0) is 48.9 Å². The van der Waals surface area contributed by atoms with Crippen LogP contribution in [0, 0.1) is 13.8 Å². The topological polar surface area (TPSA) is 73.6 Å². The molecule has 2 aliphatic heterocycles. The fraction of sp³-hybridized carbons (Fsp3) is 0.385. The number of oxazole rings is 1. The first kappa shape index (κ1) is 20.8. The van der Waals surface area contributed by atoms with E-state index in [0.717, 1.165) is 53.9 Å². The molecule has 3 heterocycles. The number of hydrogen-bond acceptors (Lipinski definition) is 5. The molecule has 6 heteroatoms. The number of amides is 1. The number of ether oxygens (including phenoxy) is 2. The van der Waals surface area contributed by atoms with Gasteiger partial charge in [0.05, 0.1) is 18.4 Å². The lowest BCUT2D eigenvalue weighted by Gasteiger charge is -2.24. The van der Waals surface area contributed by atoms with Gasteiger partial charge in [-0.1, -0.05) is 24.3 Å². The van der Waals surface area contributed by atoms with Crippen LogP contribution in [0.5, 0.6) is 5.75 Å². The highest BCUT2D eigenvalue weighted by molar-refractivity contribution is 5.98. The highest BCUT2D eigenvalue weighted by Crippen LogP contribution is 2.35. The molecule has 3 aromatic rings. The van der Waals surface area contributed by atoms with Crippen molar-refractivity contribution >= 4 is 5.91 Å². The third-order valence-electron chi connectivity index (χ3n) is 6.43. The molecule has 0 bridgehead atoms. The Kier molecular flexibility index (Phi) is 5.70. The number of nitrogens with one attached hydrogen (secondary N) is 1. The molecule has 2 aliphatic rings. The summed E-state index contributed by atoms with van der Waals surface area (Å²) in [7, 11) is 0. The molecule has 0 saturated carbocycles. The minimum Gasteiger partial charge on any atom is -0.492 e. The van der Waals surface area contributed by atoms with Crippen molar-refractivity contribution in [3.05, 3.63) is 70.2 Å². The lowest BCUT2D eigenvalue weighted by atomic mass is 9.92. The predicted molar refractivity (Wildman–Crippen MR) is 121 cm³/mol. The summed E-state index contributed by atoms with van der Waals surface area (Å²) in [5, 5.41) is 3.19. The number of benzene rings is 2. The minimum absolute atomic E-state index is 0.0488. The Labute approximate surface area is 188 Å². The first-order valence-corrected chi connectivity index (χ1v) is 11.3. The van der Waals surface area contributed by atoms with Crippen LogP contribution in [0.1, 0.15) is 51.3 Å². The molecular formula is C26H28N2O4. The Bertz CT molecular complexity index is 1130. The van der Waals surface area contributed by atoms with E-state index in [2.05, 4.69) is 41.5 Å². The average molecular weight is 433 g/mol. The molecule has 0 atom stereocenters. The zero-order valence-corrected chi connectivity index (χ0v) is 18.6. The molecule has 1 saturated heterocycles. The molecule has 2 aromatic carbocycles. The van der Waals surface area contributed by atoms with Gasteiger partial charge in [0, 0.05) is 43.7 Å². The molecule has 1 fully saturated rings. The summed E-state index contributed by atoms with van der Waals surface area (Å²) in [5.41, 5.74) is 6.38. The summed E-state index contributed by atoms with van der Waals surface area (Å²) >= 11 is 0. The Morgan fingerprint density at radius 3 is 2.62 bits per heavy atom. The van der Waals surface area contributed by atoms with E-state index in [1.807, 2.05) is 13.0 Å². The van der Waals surface area contributed by atoms with Crippen LogP contribution in [-0.4, -0.2) is 36.8 Å². The molecule has 1 aromatic heterocycles. The molecule has 1 amide bonds. The summed E-state index contributed by atoms with van der Waals surface area (Å²) in [5.74, 6) is 2.14. The standard InChI is InChI=1S/C26H28N2O4/c1-16-20(13-18-3-5-19(6-4-18)24-15-27-17(2)32-24)14-23(25-22(16)9-12-31-25)26(29)28-21-7-10-30-11-8-21/h3-6,14-15,21H,7-13H2,1-2H3,(H,28,29). The van der Waals surface area contributed by atoms with Crippen LogP contribution >= 0.6 is 0 Å². The van der Waals surface area contributed by atoms with Gasteiger partial charge in [0.2, 0.25) is 0 Å². The van der Waals surface area contributed by atoms with E-state index in [9.17, 15) is 4.79 Å². The van der Waals surface area contributed by atoms with Gasteiger partial charge in [-0.3, -0.25) is 4.79 Å². The largest absolute Gasteiger partial charge is 0.492 e. The van der Waals surface area contributed by atoms with E-state index in [0.29, 0.717) is 31.3 Å². The second-order valence-corrected chi connectivity index (χ2v) is 8.59. The number of nitrogens with zero attached hydrogens (tertiary/aromatic N) is 1. The van der Waals surface area contributed by atoms with Crippen LogP contribution in [0.3, 0.4) is 0 Å². The number of aryl methyl sites for hydroxylation is 1. The van der Waals surface area contributed by atoms with Gasteiger partial charge in [0.15, 0.2) is 11.7 Å². The van der Waals surface area contributed by atoms with Gasteiger partial charge in [-0.25, -0.2) is 4.98 Å². The third kappa shape index (κ3) is 4.15. The third-order valence-corrected chi connectivity index (χ3v) is 6.43. The van der Waals surface area contributed by atoms with Crippen molar-refractivity contribution in [3.8, 4) is 17.1 Å². The lowest BCUT2D eigenvalue weighted by molar-refractivity contribution is 0.0695. The summed E-state index contributed by atoms with van der Waals surface area (Å²) in [6.07, 6.45) is 5.05. The maximum atomic E-state index is 13.1. The van der Waals surface area contributed by atoms with E-state index in [1.165, 1.54) is 11.1 Å². The van der Waals surface area contributed by atoms with Crippen molar-refractivity contribution in [2.45, 2.75) is 45.6 Å². The van der Waals surface area contributed by atoms with Crippen LogP contribution in [0.2, 0.25) is 0 Å². The summed E-state index contributed by atoms with van der Waals surface area (Å²) in [6, 6.07) is 10.5. The number of aromatic nitrogens is 1. The molecule has 6 nitrogen and oxygen atoms in total. The van der Waals surface area contributed by atoms with Crippen LogP contribution in [0.15, 0.2) is 40.9 Å². The van der Waals surface area contributed by atoms with Gasteiger partial charge in [-0.15, -0.1) is 0 Å². The minimum atomic E-state index is -0.0488. The Balaban J connectivity index is 1.40. The average Bonchev–Trinajstić information content (AvgIpc) is 3.46. The first-order valence-electron chi connectivity index (χ1n) is 11.3. The molecule has 32 heavy (non-hydrogen) atoms. The smallest absolute Gasteiger partial charge is 0.255 e. The van der Waals surface area contributed by atoms with Gasteiger partial charge >= 0.3 is 0 Å². The molecule has 0 radical (unpaired) electrons. The van der Waals surface area contributed by atoms with Crippen molar-refractivity contribution in [2.24, 2.45) is 0 Å². The van der Waals surface area contributed by atoms with Gasteiger partial charge < -0.3 is 19.2 Å². The molecule has 0 unspecified atom stereocenters. The van der Waals surface area contributed by atoms with Crippen molar-refractivity contribution in [3.63, 3.8) is 0 Å². The molecule has 5 rings (SSSR count). The van der Waals surface area contributed by atoms with E-state index < -0.39 is 0 Å². The second kappa shape index (κ2) is 8.79. The van der Waals surface area contributed by atoms with Crippen molar-refractivity contribution in [1.29, 1.82) is 0 Å². The van der Waals surface area contributed by atoms with Crippen molar-refractivity contribution in [2.75, 3.05) is 19.8 Å². The monoisotopic (exact) mass is 432 g/mol. The normalized spacial score (nSPS) is 15.9. The highest BCUT2D eigenvalue weighted by Gasteiger charge is 2.26. The lowest BCUT2D eigenvalue weighted by Crippen LogP contribution is -2.39. The summed E-state index contributed by atoms with van der Waals surface area (Å²) in [6.45, 7) is 6.00. The molecule has 166 valence electrons. The molecule has 1 N–H and O–H groups in total. The van der Waals surface area contributed by atoms with Gasteiger partial charge in [0.1, 0.15) is 5.75 Å². The fourth-order valence-electron chi connectivity index (χ4n) is 4.55. The first-order chi connectivity index (χ1) is 15.6. The van der Waals surface area contributed by atoms with Gasteiger partial charge in [-0.2, -0.15) is 0 Å². The maximum absolute atomic E-state index is 13.1. The quantitative estimate of drug-likeness (QED) is 0.647. The molecule has 0 aliphatic carbocycles. The highest BCUT2D eigenvalue weighted by atomic mass is 16.5. The Morgan fingerprint density at radius 1 is 1.12 bits per heavy atom. The van der Waals surface area contributed by atoms with E-state index >= 15 is 0 Å². The number of carbonyl (C=O) groups excluding carboxylic acids is 1.